The van der Waals surface area contributed by atoms with E-state index < -0.39 is 0 Å². The topological polar surface area (TPSA) is 35.6 Å². The first kappa shape index (κ1) is 18.9. The van der Waals surface area contributed by atoms with Gasteiger partial charge < -0.3 is 10.2 Å². The Hall–Kier alpha value is -1.88. The van der Waals surface area contributed by atoms with Crippen molar-refractivity contribution in [2.75, 3.05) is 40.3 Å². The van der Waals surface area contributed by atoms with Gasteiger partial charge >= 0.3 is 0 Å². The first-order valence-corrected chi connectivity index (χ1v) is 9.35. The number of hydrogen-bond donors (Lipinski definition) is 1. The van der Waals surface area contributed by atoms with Gasteiger partial charge in [0.05, 0.1) is 0 Å². The van der Waals surface area contributed by atoms with Crippen molar-refractivity contribution in [2.45, 2.75) is 13.0 Å². The molecule has 0 spiro atoms. The number of carbonyl (C=O) groups is 1. The van der Waals surface area contributed by atoms with Gasteiger partial charge in [-0.1, -0.05) is 29.8 Å². The molecule has 2 aromatic rings. The van der Waals surface area contributed by atoms with E-state index in [1.807, 2.05) is 49.4 Å². The van der Waals surface area contributed by atoms with Gasteiger partial charge in [0.2, 0.25) is 0 Å². The molecule has 0 radical (unpaired) electrons. The van der Waals surface area contributed by atoms with Crippen LogP contribution in [0.5, 0.6) is 0 Å². The maximum Gasteiger partial charge on any atom is 0.251 e. The number of halogens is 1. The number of piperazine rings is 1. The van der Waals surface area contributed by atoms with Crippen LogP contribution in [0.2, 0.25) is 5.02 Å². The Labute approximate surface area is 160 Å². The molecule has 4 nitrogen and oxygen atoms in total. The molecular weight excluding hydrogens is 346 g/mol. The summed E-state index contributed by atoms with van der Waals surface area (Å²) in [6, 6.07) is 14.0. The Kier molecular flexibility index (Phi) is 5.97. The van der Waals surface area contributed by atoms with Crippen molar-refractivity contribution >= 4 is 17.5 Å². The van der Waals surface area contributed by atoms with E-state index in [0.717, 1.165) is 41.3 Å². The minimum absolute atomic E-state index is 0.0222. The predicted octanol–water partition coefficient (Wildman–Crippen LogP) is 3.29. The lowest BCUT2D eigenvalue weighted by Gasteiger charge is -2.37. The lowest BCUT2D eigenvalue weighted by Crippen LogP contribution is -2.54. The third-order valence-corrected chi connectivity index (χ3v) is 5.36. The first-order chi connectivity index (χ1) is 12.4. The molecule has 1 saturated heterocycles. The molecule has 0 unspecified atom stereocenters. The van der Waals surface area contributed by atoms with Crippen LogP contribution in [-0.2, 0) is 0 Å². The van der Waals surface area contributed by atoms with E-state index in [0.29, 0.717) is 18.2 Å². The number of likely N-dealkylation sites (N-methyl/N-ethyl adjacent to an activating group) is 2. The molecule has 138 valence electrons. The molecule has 3 rings (SSSR count). The zero-order chi connectivity index (χ0) is 18.7. The van der Waals surface area contributed by atoms with Gasteiger partial charge in [-0.25, -0.2) is 0 Å². The zero-order valence-corrected chi connectivity index (χ0v) is 16.4. The Morgan fingerprint density at radius 1 is 1.15 bits per heavy atom. The third-order valence-electron chi connectivity index (χ3n) is 5.12. The minimum atomic E-state index is -0.0222. The number of benzene rings is 2. The number of aryl methyl sites for hydroxylation is 1. The Balaban J connectivity index is 1.63. The van der Waals surface area contributed by atoms with E-state index in [1.165, 1.54) is 0 Å². The van der Waals surface area contributed by atoms with E-state index in [4.69, 9.17) is 11.6 Å². The van der Waals surface area contributed by atoms with Crippen molar-refractivity contribution < 1.29 is 4.79 Å². The first-order valence-electron chi connectivity index (χ1n) is 8.97. The largest absolute Gasteiger partial charge is 0.350 e. The number of hydrogen-bond acceptors (Lipinski definition) is 3. The molecule has 0 bridgehead atoms. The molecule has 2 aromatic carbocycles. The molecule has 1 atom stereocenters. The second-order valence-corrected chi connectivity index (χ2v) is 7.58. The van der Waals surface area contributed by atoms with Crippen molar-refractivity contribution in [3.8, 4) is 11.1 Å². The molecule has 1 aliphatic heterocycles. The number of rotatable bonds is 4. The Morgan fingerprint density at radius 2 is 1.88 bits per heavy atom. The van der Waals surface area contributed by atoms with Crippen LogP contribution in [-0.4, -0.2) is 62.0 Å². The van der Waals surface area contributed by atoms with E-state index >= 15 is 0 Å². The van der Waals surface area contributed by atoms with Crippen LogP contribution in [0.4, 0.5) is 0 Å². The summed E-state index contributed by atoms with van der Waals surface area (Å²) in [4.78, 5) is 17.1. The van der Waals surface area contributed by atoms with Crippen LogP contribution >= 0.6 is 11.6 Å². The maximum atomic E-state index is 12.5. The smallest absolute Gasteiger partial charge is 0.251 e. The van der Waals surface area contributed by atoms with E-state index in [-0.39, 0.29) is 5.91 Å². The normalized spacial score (nSPS) is 18.7. The van der Waals surface area contributed by atoms with Crippen molar-refractivity contribution in [1.82, 2.24) is 15.1 Å². The lowest BCUT2D eigenvalue weighted by atomic mass is 9.99. The van der Waals surface area contributed by atoms with Crippen LogP contribution in [0.3, 0.4) is 0 Å². The summed E-state index contributed by atoms with van der Waals surface area (Å²) in [7, 11) is 4.24. The van der Waals surface area contributed by atoms with E-state index in [2.05, 4.69) is 29.2 Å². The highest BCUT2D eigenvalue weighted by Gasteiger charge is 2.22. The fourth-order valence-corrected chi connectivity index (χ4v) is 3.61. The average molecular weight is 372 g/mol. The van der Waals surface area contributed by atoms with Crippen molar-refractivity contribution in [1.29, 1.82) is 0 Å². The quantitative estimate of drug-likeness (QED) is 0.895. The summed E-state index contributed by atoms with van der Waals surface area (Å²) in [6.07, 6.45) is 0. The highest BCUT2D eigenvalue weighted by atomic mass is 35.5. The van der Waals surface area contributed by atoms with Crippen LogP contribution in [0.15, 0.2) is 42.5 Å². The van der Waals surface area contributed by atoms with Gasteiger partial charge in [0.15, 0.2) is 0 Å². The molecule has 1 fully saturated rings. The Morgan fingerprint density at radius 3 is 2.58 bits per heavy atom. The van der Waals surface area contributed by atoms with Gasteiger partial charge in [0, 0.05) is 42.8 Å². The summed E-state index contributed by atoms with van der Waals surface area (Å²) in [6.45, 7) is 5.79. The van der Waals surface area contributed by atoms with Crippen LogP contribution in [0, 0.1) is 6.92 Å². The van der Waals surface area contributed by atoms with Crippen molar-refractivity contribution in [3.63, 3.8) is 0 Å². The summed E-state index contributed by atoms with van der Waals surface area (Å²) in [5.74, 6) is -0.0222. The minimum Gasteiger partial charge on any atom is -0.350 e. The van der Waals surface area contributed by atoms with Crippen LogP contribution in [0.1, 0.15) is 15.9 Å². The van der Waals surface area contributed by atoms with E-state index in [9.17, 15) is 4.79 Å². The number of nitrogens with zero attached hydrogens (tertiary/aromatic N) is 2. The second kappa shape index (κ2) is 8.21. The molecule has 1 aliphatic rings. The monoisotopic (exact) mass is 371 g/mol. The fraction of sp³-hybridized carbons (Fsp3) is 0.381. The highest BCUT2D eigenvalue weighted by Crippen LogP contribution is 2.26. The number of nitrogens with one attached hydrogen (secondary N) is 1. The molecule has 1 N–H and O–H groups in total. The summed E-state index contributed by atoms with van der Waals surface area (Å²) in [5.41, 5.74) is 4.03. The standard InChI is InChI=1S/C21H26ClN3O/c1-15-12-18(22)8-9-20(15)16-4-6-17(7-5-16)21(26)23-13-19-14-24(2)10-11-25(19)3/h4-9,12,19H,10-11,13-14H2,1-3H3,(H,23,26)/t19-/m1/s1. The number of carbonyl (C=O) groups excluding carboxylic acids is 1. The van der Waals surface area contributed by atoms with Gasteiger partial charge in [-0.15, -0.1) is 0 Å². The Bertz CT molecular complexity index is 775. The average Bonchev–Trinajstić information content (AvgIpc) is 2.62. The van der Waals surface area contributed by atoms with Gasteiger partial charge in [-0.05, 0) is 62.0 Å². The SMILES string of the molecule is Cc1cc(Cl)ccc1-c1ccc(C(=O)NC[C@@H]2CN(C)CCN2C)cc1. The van der Waals surface area contributed by atoms with Gasteiger partial charge in [0.1, 0.15) is 0 Å². The van der Waals surface area contributed by atoms with Crippen molar-refractivity contribution in [2.24, 2.45) is 0 Å². The molecule has 0 saturated carbocycles. The van der Waals surface area contributed by atoms with Gasteiger partial charge in [-0.3, -0.25) is 9.69 Å². The zero-order valence-electron chi connectivity index (χ0n) is 15.6. The van der Waals surface area contributed by atoms with Crippen LogP contribution in [0.25, 0.3) is 11.1 Å². The van der Waals surface area contributed by atoms with Gasteiger partial charge in [-0.2, -0.15) is 0 Å². The molecule has 1 amide bonds. The number of amides is 1. The second-order valence-electron chi connectivity index (χ2n) is 7.14. The molecule has 0 aliphatic carbocycles. The van der Waals surface area contributed by atoms with Gasteiger partial charge in [0.25, 0.3) is 5.91 Å². The molecular formula is C21H26ClN3O. The predicted molar refractivity (Wildman–Crippen MR) is 108 cm³/mol. The third kappa shape index (κ3) is 4.44. The molecule has 5 heteroatoms. The highest BCUT2D eigenvalue weighted by molar-refractivity contribution is 6.30. The van der Waals surface area contributed by atoms with Crippen molar-refractivity contribution in [3.05, 3.63) is 58.6 Å². The molecule has 1 heterocycles. The molecule has 26 heavy (non-hydrogen) atoms. The summed E-state index contributed by atoms with van der Waals surface area (Å²) in [5, 5.41) is 3.81. The summed E-state index contributed by atoms with van der Waals surface area (Å²) < 4.78 is 0. The summed E-state index contributed by atoms with van der Waals surface area (Å²) >= 11 is 6.03. The van der Waals surface area contributed by atoms with Crippen LogP contribution < -0.4 is 5.32 Å². The molecule has 0 aromatic heterocycles. The maximum absolute atomic E-state index is 12.5. The lowest BCUT2D eigenvalue weighted by molar-refractivity contribution is 0.0881. The fourth-order valence-electron chi connectivity index (χ4n) is 3.39. The van der Waals surface area contributed by atoms with E-state index in [1.54, 1.807) is 0 Å².